The van der Waals surface area contributed by atoms with Crippen LogP contribution in [0.25, 0.3) is 11.0 Å². The van der Waals surface area contributed by atoms with Gasteiger partial charge >= 0.3 is 5.69 Å². The van der Waals surface area contributed by atoms with Crippen LogP contribution in [0.5, 0.6) is 5.75 Å². The van der Waals surface area contributed by atoms with Gasteiger partial charge in [-0.25, -0.2) is 4.79 Å². The summed E-state index contributed by atoms with van der Waals surface area (Å²) in [6.45, 7) is 0.548. The van der Waals surface area contributed by atoms with E-state index in [1.165, 1.54) is 0 Å². The summed E-state index contributed by atoms with van der Waals surface area (Å²) in [5.41, 5.74) is 2.66. The maximum atomic E-state index is 12.0. The topological polar surface area (TPSA) is 47.0 Å². The minimum Gasteiger partial charge on any atom is -0.497 e. The average molecular weight is 254 g/mol. The van der Waals surface area contributed by atoms with Gasteiger partial charge in [-0.3, -0.25) is 4.57 Å². The van der Waals surface area contributed by atoms with Crippen LogP contribution in [0.1, 0.15) is 5.56 Å². The molecule has 3 rings (SSSR count). The van der Waals surface area contributed by atoms with Gasteiger partial charge in [-0.2, -0.15) is 0 Å². The number of nitrogens with zero attached hydrogens (tertiary/aromatic N) is 1. The highest BCUT2D eigenvalue weighted by atomic mass is 16.5. The third-order valence-corrected chi connectivity index (χ3v) is 3.17. The first-order valence-corrected chi connectivity index (χ1v) is 6.08. The van der Waals surface area contributed by atoms with Crippen LogP contribution in [0.4, 0.5) is 0 Å². The van der Waals surface area contributed by atoms with Crippen LogP contribution in [0.15, 0.2) is 53.3 Å². The number of benzene rings is 2. The first kappa shape index (κ1) is 11.6. The van der Waals surface area contributed by atoms with Gasteiger partial charge in [-0.1, -0.05) is 30.3 Å². The zero-order valence-corrected chi connectivity index (χ0v) is 10.6. The summed E-state index contributed by atoms with van der Waals surface area (Å²) in [7, 11) is 1.62. The van der Waals surface area contributed by atoms with Crippen molar-refractivity contribution < 1.29 is 4.74 Å². The molecule has 0 unspecified atom stereocenters. The van der Waals surface area contributed by atoms with Gasteiger partial charge in [0.05, 0.1) is 24.7 Å². The highest BCUT2D eigenvalue weighted by Crippen LogP contribution is 2.18. The standard InChI is InChI=1S/C15H14N2O2/c1-19-12-7-8-13-14(9-12)17(15(18)16-13)10-11-5-3-2-4-6-11/h2-9H,10H2,1H3,(H,16,18). The molecular formula is C15H14N2O2. The van der Waals surface area contributed by atoms with E-state index >= 15 is 0 Å². The molecule has 1 N–H and O–H groups in total. The van der Waals surface area contributed by atoms with E-state index in [0.29, 0.717) is 6.54 Å². The summed E-state index contributed by atoms with van der Waals surface area (Å²) in [5, 5.41) is 0. The molecule has 0 aliphatic rings. The van der Waals surface area contributed by atoms with E-state index in [1.54, 1.807) is 11.7 Å². The summed E-state index contributed by atoms with van der Waals surface area (Å²) >= 11 is 0. The maximum absolute atomic E-state index is 12.0. The van der Waals surface area contributed by atoms with Gasteiger partial charge in [-0.15, -0.1) is 0 Å². The van der Waals surface area contributed by atoms with E-state index in [0.717, 1.165) is 22.3 Å². The molecule has 0 saturated heterocycles. The molecule has 4 nitrogen and oxygen atoms in total. The quantitative estimate of drug-likeness (QED) is 0.780. The molecule has 0 aliphatic heterocycles. The number of ether oxygens (including phenoxy) is 1. The third kappa shape index (κ3) is 2.12. The van der Waals surface area contributed by atoms with Crippen molar-refractivity contribution in [1.82, 2.24) is 9.55 Å². The van der Waals surface area contributed by atoms with Gasteiger partial charge in [0.15, 0.2) is 0 Å². The van der Waals surface area contributed by atoms with E-state index < -0.39 is 0 Å². The smallest absolute Gasteiger partial charge is 0.326 e. The van der Waals surface area contributed by atoms with Crippen LogP contribution in [0, 0.1) is 0 Å². The Morgan fingerprint density at radius 3 is 2.68 bits per heavy atom. The molecule has 0 fully saturated rings. The van der Waals surface area contributed by atoms with Crippen LogP contribution in [0.3, 0.4) is 0 Å². The molecule has 19 heavy (non-hydrogen) atoms. The second-order valence-corrected chi connectivity index (χ2v) is 4.38. The lowest BCUT2D eigenvalue weighted by Gasteiger charge is -2.05. The number of hydrogen-bond acceptors (Lipinski definition) is 2. The Balaban J connectivity index is 2.12. The van der Waals surface area contributed by atoms with Crippen molar-refractivity contribution in [2.45, 2.75) is 6.54 Å². The fourth-order valence-corrected chi connectivity index (χ4v) is 2.18. The highest BCUT2D eigenvalue weighted by Gasteiger charge is 2.08. The minimum atomic E-state index is -0.105. The van der Waals surface area contributed by atoms with Crippen LogP contribution in [0.2, 0.25) is 0 Å². The summed E-state index contributed by atoms with van der Waals surface area (Å²) in [6, 6.07) is 15.5. The SMILES string of the molecule is COc1ccc2[nH]c(=O)n(Cc3ccccc3)c2c1. The van der Waals surface area contributed by atoms with Crippen molar-refractivity contribution in [2.75, 3.05) is 7.11 Å². The molecule has 0 amide bonds. The molecule has 96 valence electrons. The lowest BCUT2D eigenvalue weighted by atomic mass is 10.2. The number of aromatic amines is 1. The predicted molar refractivity (Wildman–Crippen MR) is 74.7 cm³/mol. The number of H-pyrrole nitrogens is 1. The van der Waals surface area contributed by atoms with Gasteiger partial charge in [0.25, 0.3) is 0 Å². The van der Waals surface area contributed by atoms with E-state index in [-0.39, 0.29) is 5.69 Å². The van der Waals surface area contributed by atoms with E-state index in [1.807, 2.05) is 48.5 Å². The lowest BCUT2D eigenvalue weighted by molar-refractivity contribution is 0.415. The van der Waals surface area contributed by atoms with Crippen molar-refractivity contribution in [1.29, 1.82) is 0 Å². The fraction of sp³-hybridized carbons (Fsp3) is 0.133. The summed E-state index contributed by atoms with van der Waals surface area (Å²) in [6.07, 6.45) is 0. The Morgan fingerprint density at radius 1 is 1.16 bits per heavy atom. The number of nitrogens with one attached hydrogen (secondary N) is 1. The summed E-state index contributed by atoms with van der Waals surface area (Å²) in [4.78, 5) is 14.9. The van der Waals surface area contributed by atoms with Gasteiger partial charge in [0, 0.05) is 6.07 Å². The zero-order chi connectivity index (χ0) is 13.2. The number of imidazole rings is 1. The van der Waals surface area contributed by atoms with Crippen LogP contribution in [-0.2, 0) is 6.54 Å². The molecule has 0 aliphatic carbocycles. The molecule has 2 aromatic carbocycles. The molecule has 0 radical (unpaired) electrons. The van der Waals surface area contributed by atoms with Crippen LogP contribution in [-0.4, -0.2) is 16.7 Å². The Morgan fingerprint density at radius 2 is 1.95 bits per heavy atom. The number of aromatic nitrogens is 2. The first-order chi connectivity index (χ1) is 9.28. The molecule has 0 spiro atoms. The third-order valence-electron chi connectivity index (χ3n) is 3.17. The number of methoxy groups -OCH3 is 1. The van der Waals surface area contributed by atoms with Gasteiger partial charge in [0.2, 0.25) is 0 Å². The van der Waals surface area contributed by atoms with E-state index in [2.05, 4.69) is 4.98 Å². The zero-order valence-electron chi connectivity index (χ0n) is 10.6. The molecule has 1 aromatic heterocycles. The van der Waals surface area contributed by atoms with Crippen molar-refractivity contribution in [3.8, 4) is 5.75 Å². The van der Waals surface area contributed by atoms with Gasteiger partial charge in [0.1, 0.15) is 5.75 Å². The molecule has 4 heteroatoms. The predicted octanol–water partition coefficient (Wildman–Crippen LogP) is 2.39. The van der Waals surface area contributed by atoms with Crippen molar-refractivity contribution >= 4 is 11.0 Å². The van der Waals surface area contributed by atoms with Crippen LogP contribution >= 0.6 is 0 Å². The highest BCUT2D eigenvalue weighted by molar-refractivity contribution is 5.77. The Hall–Kier alpha value is -2.49. The Labute approximate surface area is 110 Å². The summed E-state index contributed by atoms with van der Waals surface area (Å²) < 4.78 is 6.92. The number of fused-ring (bicyclic) bond motifs is 1. The lowest BCUT2D eigenvalue weighted by Crippen LogP contribution is -2.17. The number of hydrogen-bond donors (Lipinski definition) is 1. The largest absolute Gasteiger partial charge is 0.497 e. The van der Waals surface area contributed by atoms with E-state index in [4.69, 9.17) is 4.74 Å². The van der Waals surface area contributed by atoms with Crippen molar-refractivity contribution in [3.05, 3.63) is 64.6 Å². The van der Waals surface area contributed by atoms with Gasteiger partial charge < -0.3 is 9.72 Å². The average Bonchev–Trinajstić information content (AvgIpc) is 2.76. The summed E-state index contributed by atoms with van der Waals surface area (Å²) in [5.74, 6) is 0.744. The second-order valence-electron chi connectivity index (χ2n) is 4.38. The van der Waals surface area contributed by atoms with Crippen molar-refractivity contribution in [3.63, 3.8) is 0 Å². The molecule has 0 bridgehead atoms. The van der Waals surface area contributed by atoms with Crippen molar-refractivity contribution in [2.24, 2.45) is 0 Å². The molecular weight excluding hydrogens is 240 g/mol. The molecule has 0 atom stereocenters. The first-order valence-electron chi connectivity index (χ1n) is 6.08. The Bertz CT molecular complexity index is 757. The molecule has 1 heterocycles. The molecule has 3 aromatic rings. The molecule has 0 saturated carbocycles. The second kappa shape index (κ2) is 4.65. The van der Waals surface area contributed by atoms with Gasteiger partial charge in [-0.05, 0) is 17.7 Å². The monoisotopic (exact) mass is 254 g/mol. The minimum absolute atomic E-state index is 0.105. The van der Waals surface area contributed by atoms with E-state index in [9.17, 15) is 4.79 Å². The van der Waals surface area contributed by atoms with Crippen LogP contribution < -0.4 is 10.4 Å². The fourth-order valence-electron chi connectivity index (χ4n) is 2.18. The normalized spacial score (nSPS) is 10.8. The maximum Gasteiger partial charge on any atom is 0.326 e. The number of rotatable bonds is 3. The Kier molecular flexibility index (Phi) is 2.83.